The van der Waals surface area contributed by atoms with E-state index in [-0.39, 0.29) is 36.2 Å². The highest BCUT2D eigenvalue weighted by atomic mass is 35.5. The molecule has 1 N–H and O–H groups in total. The SMILES string of the molecule is O=C(Nc1cc(C(F)(F)F)ccc1Cl)c1cc(S(=O)(=O)N2CCOCC2)ccc1F. The molecule has 1 fully saturated rings. The standard InChI is InChI=1S/C18H15ClF4N2O4S/c19-14-3-1-11(18(21,22)23)9-16(14)24-17(26)13-10-12(2-4-15(13)20)30(27,28)25-5-7-29-8-6-25/h1-4,9-10H,5-8H2,(H,24,26). The third-order valence-electron chi connectivity index (χ3n) is 4.33. The molecule has 1 aliphatic heterocycles. The first-order valence-corrected chi connectivity index (χ1v) is 10.4. The molecule has 0 saturated carbocycles. The second kappa shape index (κ2) is 8.50. The van der Waals surface area contributed by atoms with Crippen molar-refractivity contribution in [3.05, 3.63) is 58.4 Å². The maximum absolute atomic E-state index is 14.2. The third-order valence-corrected chi connectivity index (χ3v) is 6.56. The number of benzene rings is 2. The molecule has 2 aromatic rings. The molecule has 12 heteroatoms. The van der Waals surface area contributed by atoms with Gasteiger partial charge in [-0.1, -0.05) is 11.6 Å². The Kier molecular flexibility index (Phi) is 6.37. The maximum Gasteiger partial charge on any atom is 0.416 e. The minimum Gasteiger partial charge on any atom is -0.379 e. The van der Waals surface area contributed by atoms with E-state index in [1.807, 2.05) is 0 Å². The number of morpholine rings is 1. The number of carbonyl (C=O) groups excluding carboxylic acids is 1. The summed E-state index contributed by atoms with van der Waals surface area (Å²) in [6.45, 7) is 0.589. The van der Waals surface area contributed by atoms with E-state index in [1.165, 1.54) is 0 Å². The molecule has 0 atom stereocenters. The molecule has 0 bridgehead atoms. The van der Waals surface area contributed by atoms with Gasteiger partial charge < -0.3 is 10.1 Å². The smallest absolute Gasteiger partial charge is 0.379 e. The number of sulfonamides is 1. The van der Waals surface area contributed by atoms with Crippen LogP contribution in [0.5, 0.6) is 0 Å². The van der Waals surface area contributed by atoms with E-state index in [4.69, 9.17) is 16.3 Å². The zero-order valence-corrected chi connectivity index (χ0v) is 16.7. The first-order chi connectivity index (χ1) is 14.0. The highest BCUT2D eigenvalue weighted by Gasteiger charge is 2.31. The molecule has 1 saturated heterocycles. The largest absolute Gasteiger partial charge is 0.416 e. The summed E-state index contributed by atoms with van der Waals surface area (Å²) in [5.74, 6) is -2.19. The van der Waals surface area contributed by atoms with E-state index in [1.54, 1.807) is 0 Å². The van der Waals surface area contributed by atoms with Gasteiger partial charge in [0.05, 0.1) is 39.9 Å². The molecule has 0 aliphatic carbocycles. The van der Waals surface area contributed by atoms with Crippen LogP contribution in [-0.2, 0) is 20.9 Å². The number of carbonyl (C=O) groups is 1. The number of anilines is 1. The molecule has 0 unspecified atom stereocenters. The van der Waals surface area contributed by atoms with E-state index in [0.717, 1.165) is 34.6 Å². The van der Waals surface area contributed by atoms with Crippen LogP contribution in [0.15, 0.2) is 41.3 Å². The molecule has 162 valence electrons. The lowest BCUT2D eigenvalue weighted by molar-refractivity contribution is -0.137. The number of nitrogens with one attached hydrogen (secondary N) is 1. The van der Waals surface area contributed by atoms with Gasteiger partial charge in [-0.3, -0.25) is 4.79 Å². The number of halogens is 5. The summed E-state index contributed by atoms with van der Waals surface area (Å²) in [5.41, 5.74) is -2.11. The van der Waals surface area contributed by atoms with Crippen molar-refractivity contribution < 1.29 is 35.5 Å². The van der Waals surface area contributed by atoms with Crippen LogP contribution in [0.3, 0.4) is 0 Å². The van der Waals surface area contributed by atoms with Crippen molar-refractivity contribution >= 4 is 33.2 Å². The Balaban J connectivity index is 1.91. The van der Waals surface area contributed by atoms with Crippen LogP contribution < -0.4 is 5.32 Å². The van der Waals surface area contributed by atoms with Gasteiger partial charge in [-0.15, -0.1) is 0 Å². The molecule has 1 aliphatic rings. The van der Waals surface area contributed by atoms with E-state index < -0.39 is 44.7 Å². The maximum atomic E-state index is 14.2. The van der Waals surface area contributed by atoms with Gasteiger partial charge in [0.25, 0.3) is 5.91 Å². The number of amides is 1. The Morgan fingerprint density at radius 3 is 2.40 bits per heavy atom. The first-order valence-electron chi connectivity index (χ1n) is 8.55. The summed E-state index contributed by atoms with van der Waals surface area (Å²) in [6.07, 6.45) is -4.68. The molecule has 2 aromatic carbocycles. The summed E-state index contributed by atoms with van der Waals surface area (Å²) in [4.78, 5) is 12.2. The van der Waals surface area contributed by atoms with Crippen molar-refractivity contribution in [3.63, 3.8) is 0 Å². The van der Waals surface area contributed by atoms with E-state index in [9.17, 15) is 30.8 Å². The average molecular weight is 467 g/mol. The van der Waals surface area contributed by atoms with Gasteiger partial charge in [-0.05, 0) is 36.4 Å². The summed E-state index contributed by atoms with van der Waals surface area (Å²) in [5, 5.41) is 1.90. The number of nitrogens with zero attached hydrogens (tertiary/aromatic N) is 1. The van der Waals surface area contributed by atoms with Gasteiger partial charge in [0.15, 0.2) is 0 Å². The number of rotatable bonds is 4. The predicted octanol–water partition coefficient (Wildman–Crippen LogP) is 3.77. The van der Waals surface area contributed by atoms with Crippen molar-refractivity contribution in [1.82, 2.24) is 4.31 Å². The van der Waals surface area contributed by atoms with E-state index >= 15 is 0 Å². The van der Waals surface area contributed by atoms with E-state index in [0.29, 0.717) is 6.07 Å². The van der Waals surface area contributed by atoms with Crippen LogP contribution in [0.1, 0.15) is 15.9 Å². The van der Waals surface area contributed by atoms with Crippen LogP contribution in [-0.4, -0.2) is 44.9 Å². The summed E-state index contributed by atoms with van der Waals surface area (Å²) in [7, 11) is -4.01. The number of ether oxygens (including phenoxy) is 1. The highest BCUT2D eigenvalue weighted by Crippen LogP contribution is 2.34. The van der Waals surface area contributed by atoms with Gasteiger partial charge in [-0.2, -0.15) is 17.5 Å². The minimum absolute atomic E-state index is 0.0983. The molecule has 30 heavy (non-hydrogen) atoms. The molecule has 3 rings (SSSR count). The second-order valence-electron chi connectivity index (χ2n) is 6.30. The second-order valence-corrected chi connectivity index (χ2v) is 8.65. The molecular weight excluding hydrogens is 452 g/mol. The summed E-state index contributed by atoms with van der Waals surface area (Å²) in [6, 6.07) is 4.91. The molecule has 1 amide bonds. The van der Waals surface area contributed by atoms with Gasteiger partial charge in [0, 0.05) is 13.1 Å². The normalized spacial score (nSPS) is 15.8. The molecule has 6 nitrogen and oxygen atoms in total. The van der Waals surface area contributed by atoms with Gasteiger partial charge in [-0.25, -0.2) is 12.8 Å². The first kappa shape index (κ1) is 22.5. The van der Waals surface area contributed by atoms with Crippen LogP contribution in [0.2, 0.25) is 5.02 Å². The van der Waals surface area contributed by atoms with Crippen LogP contribution >= 0.6 is 11.6 Å². The van der Waals surface area contributed by atoms with Gasteiger partial charge in [0.1, 0.15) is 5.82 Å². The van der Waals surface area contributed by atoms with Gasteiger partial charge in [0.2, 0.25) is 10.0 Å². The Morgan fingerprint density at radius 1 is 1.10 bits per heavy atom. The van der Waals surface area contributed by atoms with Crippen LogP contribution in [0.4, 0.5) is 23.2 Å². The minimum atomic E-state index is -4.68. The van der Waals surface area contributed by atoms with E-state index in [2.05, 4.69) is 5.32 Å². The van der Waals surface area contributed by atoms with Crippen molar-refractivity contribution in [2.75, 3.05) is 31.6 Å². The number of hydrogen-bond acceptors (Lipinski definition) is 4. The Hall–Kier alpha value is -2.21. The van der Waals surface area contributed by atoms with Crippen molar-refractivity contribution in [1.29, 1.82) is 0 Å². The third kappa shape index (κ3) is 4.75. The topological polar surface area (TPSA) is 75.7 Å². The zero-order chi connectivity index (χ0) is 22.1. The Morgan fingerprint density at radius 2 is 1.77 bits per heavy atom. The van der Waals surface area contributed by atoms with Crippen molar-refractivity contribution in [3.8, 4) is 0 Å². The monoisotopic (exact) mass is 466 g/mol. The lowest BCUT2D eigenvalue weighted by Crippen LogP contribution is -2.40. The fourth-order valence-electron chi connectivity index (χ4n) is 2.76. The molecule has 0 radical (unpaired) electrons. The Labute approximate surface area is 174 Å². The van der Waals surface area contributed by atoms with Crippen LogP contribution in [0.25, 0.3) is 0 Å². The summed E-state index contributed by atoms with van der Waals surface area (Å²) < 4.78 is 84.5. The quantitative estimate of drug-likeness (QED) is 0.696. The lowest BCUT2D eigenvalue weighted by atomic mass is 10.1. The molecular formula is C18H15ClF4N2O4S. The van der Waals surface area contributed by atoms with Crippen LogP contribution in [0, 0.1) is 5.82 Å². The average Bonchev–Trinajstić information content (AvgIpc) is 2.69. The predicted molar refractivity (Wildman–Crippen MR) is 100 cm³/mol. The molecule has 0 spiro atoms. The number of hydrogen-bond donors (Lipinski definition) is 1. The summed E-state index contributed by atoms with van der Waals surface area (Å²) >= 11 is 5.83. The highest BCUT2D eigenvalue weighted by molar-refractivity contribution is 7.89. The van der Waals surface area contributed by atoms with Crippen molar-refractivity contribution in [2.45, 2.75) is 11.1 Å². The number of alkyl halides is 3. The van der Waals surface area contributed by atoms with Gasteiger partial charge >= 0.3 is 6.18 Å². The lowest BCUT2D eigenvalue weighted by Gasteiger charge is -2.26. The molecule has 0 aromatic heterocycles. The fraction of sp³-hybridized carbons (Fsp3) is 0.278. The Bertz CT molecular complexity index is 1070. The van der Waals surface area contributed by atoms with Crippen molar-refractivity contribution in [2.24, 2.45) is 0 Å². The fourth-order valence-corrected chi connectivity index (χ4v) is 4.36. The molecule has 1 heterocycles. The zero-order valence-electron chi connectivity index (χ0n) is 15.2.